The Morgan fingerprint density at radius 3 is 2.10 bits per heavy atom. The van der Waals surface area contributed by atoms with Crippen molar-refractivity contribution in [3.8, 4) is 11.1 Å². The van der Waals surface area contributed by atoms with E-state index in [1.54, 1.807) is 60.7 Å². The van der Waals surface area contributed by atoms with Crippen LogP contribution in [0.2, 0.25) is 0 Å². The second-order valence-electron chi connectivity index (χ2n) is 9.92. The predicted octanol–water partition coefficient (Wildman–Crippen LogP) is 5.63. The van der Waals surface area contributed by atoms with Crippen LogP contribution in [0.3, 0.4) is 0 Å². The van der Waals surface area contributed by atoms with Crippen molar-refractivity contribution in [2.24, 2.45) is 11.7 Å². The summed E-state index contributed by atoms with van der Waals surface area (Å²) in [4.78, 5) is 39.7. The molecule has 0 aliphatic heterocycles. The molecule has 2 amide bonds. The molecule has 0 saturated carbocycles. The van der Waals surface area contributed by atoms with Crippen LogP contribution in [0.4, 0.5) is 5.69 Å². The van der Waals surface area contributed by atoms with E-state index in [1.807, 2.05) is 44.2 Å². The largest absolute Gasteiger partial charge is 0.457 e. The summed E-state index contributed by atoms with van der Waals surface area (Å²) in [6.45, 7) is 4.54. The van der Waals surface area contributed by atoms with Gasteiger partial charge in [0, 0.05) is 28.9 Å². The number of hydrogen-bond donors (Lipinski definition) is 4. The summed E-state index contributed by atoms with van der Waals surface area (Å²) in [5.41, 5.74) is 9.19. The second kappa shape index (κ2) is 13.2. The number of benzene rings is 4. The minimum atomic E-state index is -0.614. The number of nitrogens with one attached hydrogen (secondary N) is 3. The van der Waals surface area contributed by atoms with Crippen LogP contribution in [-0.4, -0.2) is 30.2 Å². The lowest BCUT2D eigenvalue weighted by Gasteiger charge is -2.16. The Morgan fingerprint density at radius 1 is 0.780 bits per heavy atom. The van der Waals surface area contributed by atoms with Crippen LogP contribution in [-0.2, 0) is 11.3 Å². The van der Waals surface area contributed by atoms with Gasteiger partial charge in [0.2, 0.25) is 0 Å². The number of esters is 1. The molecular formula is C33H32N4O4. The predicted molar refractivity (Wildman–Crippen MR) is 160 cm³/mol. The maximum absolute atomic E-state index is 13.4. The SMILES string of the molecule is CC(C)CNC(=O)c1ccc(-c2ccccc2C(=O)Nc2ccc(C(=N)N)cc2)c(C(=O)OCc2ccccc2)c1. The standard InChI is InChI=1S/C33H32N4O4/c1-21(2)19-36-31(38)24-14-17-27(29(18-24)33(40)41-20-22-8-4-3-5-9-22)26-10-6-7-11-28(26)32(39)37-25-15-12-23(13-16-25)30(34)35/h3-18,21H,19-20H2,1-2H3,(H3,34,35)(H,36,38)(H,37,39). The van der Waals surface area contributed by atoms with Crippen molar-refractivity contribution < 1.29 is 19.1 Å². The smallest absolute Gasteiger partial charge is 0.339 e. The molecule has 0 radical (unpaired) electrons. The Labute approximate surface area is 239 Å². The number of nitrogens with two attached hydrogens (primary N) is 1. The van der Waals surface area contributed by atoms with Crippen molar-refractivity contribution in [1.29, 1.82) is 5.41 Å². The van der Waals surface area contributed by atoms with E-state index in [0.717, 1.165) is 5.56 Å². The number of ether oxygens (including phenoxy) is 1. The molecule has 0 aliphatic rings. The normalized spacial score (nSPS) is 10.6. The number of carbonyl (C=O) groups is 3. The zero-order chi connectivity index (χ0) is 29.4. The van der Waals surface area contributed by atoms with Gasteiger partial charge in [0.25, 0.3) is 11.8 Å². The maximum Gasteiger partial charge on any atom is 0.339 e. The molecule has 0 aliphatic carbocycles. The average Bonchev–Trinajstić information content (AvgIpc) is 2.99. The van der Waals surface area contributed by atoms with Crippen LogP contribution >= 0.6 is 0 Å². The van der Waals surface area contributed by atoms with E-state index in [2.05, 4.69) is 10.6 Å². The quantitative estimate of drug-likeness (QED) is 0.116. The molecule has 4 rings (SSSR count). The van der Waals surface area contributed by atoms with Crippen molar-refractivity contribution in [3.05, 3.63) is 125 Å². The Hall–Kier alpha value is -5.24. The fourth-order valence-electron chi connectivity index (χ4n) is 4.14. The molecule has 4 aromatic carbocycles. The zero-order valence-electron chi connectivity index (χ0n) is 22.9. The lowest BCUT2D eigenvalue weighted by Crippen LogP contribution is -2.27. The summed E-state index contributed by atoms with van der Waals surface area (Å²) < 4.78 is 5.64. The Balaban J connectivity index is 1.68. The number of rotatable bonds is 10. The molecule has 0 bridgehead atoms. The summed E-state index contributed by atoms with van der Waals surface area (Å²) in [6.07, 6.45) is 0. The van der Waals surface area contributed by atoms with Gasteiger partial charge in [0.15, 0.2) is 0 Å². The van der Waals surface area contributed by atoms with Crippen LogP contribution < -0.4 is 16.4 Å². The summed E-state index contributed by atoms with van der Waals surface area (Å²) in [5.74, 6) is -1.11. The summed E-state index contributed by atoms with van der Waals surface area (Å²) in [6, 6.07) is 27.6. The van der Waals surface area contributed by atoms with E-state index in [-0.39, 0.29) is 29.8 Å². The molecule has 8 heteroatoms. The minimum Gasteiger partial charge on any atom is -0.457 e. The summed E-state index contributed by atoms with van der Waals surface area (Å²) >= 11 is 0. The lowest BCUT2D eigenvalue weighted by atomic mass is 9.93. The van der Waals surface area contributed by atoms with Crippen LogP contribution in [0.5, 0.6) is 0 Å². The highest BCUT2D eigenvalue weighted by atomic mass is 16.5. The van der Waals surface area contributed by atoms with E-state index in [0.29, 0.717) is 40.0 Å². The highest BCUT2D eigenvalue weighted by molar-refractivity contribution is 6.11. The molecule has 8 nitrogen and oxygen atoms in total. The van der Waals surface area contributed by atoms with E-state index >= 15 is 0 Å². The maximum atomic E-state index is 13.4. The van der Waals surface area contributed by atoms with Crippen LogP contribution in [0.1, 0.15) is 56.0 Å². The van der Waals surface area contributed by atoms with Gasteiger partial charge in [-0.3, -0.25) is 15.0 Å². The van der Waals surface area contributed by atoms with Crippen LogP contribution in [0.25, 0.3) is 11.1 Å². The van der Waals surface area contributed by atoms with Gasteiger partial charge >= 0.3 is 5.97 Å². The Bertz CT molecular complexity index is 1560. The van der Waals surface area contributed by atoms with Gasteiger partial charge in [-0.2, -0.15) is 0 Å². The van der Waals surface area contributed by atoms with Gasteiger partial charge in [-0.1, -0.05) is 68.4 Å². The first-order valence-electron chi connectivity index (χ1n) is 13.2. The molecule has 0 aromatic heterocycles. The van der Waals surface area contributed by atoms with Gasteiger partial charge in [-0.15, -0.1) is 0 Å². The monoisotopic (exact) mass is 548 g/mol. The first-order valence-corrected chi connectivity index (χ1v) is 13.2. The molecule has 5 N–H and O–H groups in total. The van der Waals surface area contributed by atoms with E-state index in [9.17, 15) is 14.4 Å². The topological polar surface area (TPSA) is 134 Å². The van der Waals surface area contributed by atoms with Crippen LogP contribution in [0.15, 0.2) is 97.1 Å². The fraction of sp³-hybridized carbons (Fsp3) is 0.152. The zero-order valence-corrected chi connectivity index (χ0v) is 22.9. The van der Waals surface area contributed by atoms with Crippen LogP contribution in [0, 0.1) is 11.3 Å². The first kappa shape index (κ1) is 28.8. The van der Waals surface area contributed by atoms with Gasteiger partial charge in [-0.25, -0.2) is 4.79 Å². The van der Waals surface area contributed by atoms with Crippen molar-refractivity contribution in [1.82, 2.24) is 5.32 Å². The highest BCUT2D eigenvalue weighted by Crippen LogP contribution is 2.30. The van der Waals surface area contributed by atoms with E-state index in [1.165, 1.54) is 6.07 Å². The second-order valence-corrected chi connectivity index (χ2v) is 9.92. The highest BCUT2D eigenvalue weighted by Gasteiger charge is 2.22. The molecule has 0 atom stereocenters. The van der Waals surface area contributed by atoms with Gasteiger partial charge in [0.1, 0.15) is 12.4 Å². The van der Waals surface area contributed by atoms with Crippen molar-refractivity contribution in [2.75, 3.05) is 11.9 Å². The average molecular weight is 549 g/mol. The molecule has 4 aromatic rings. The third kappa shape index (κ3) is 7.45. The molecule has 0 unspecified atom stereocenters. The third-order valence-electron chi connectivity index (χ3n) is 6.30. The first-order chi connectivity index (χ1) is 19.7. The number of nitrogen functional groups attached to an aromatic ring is 1. The number of amides is 2. The minimum absolute atomic E-state index is 0.0568. The molecule has 0 saturated heterocycles. The van der Waals surface area contributed by atoms with Crippen molar-refractivity contribution in [2.45, 2.75) is 20.5 Å². The fourth-order valence-corrected chi connectivity index (χ4v) is 4.14. The summed E-state index contributed by atoms with van der Waals surface area (Å²) in [7, 11) is 0. The Morgan fingerprint density at radius 2 is 1.41 bits per heavy atom. The molecule has 0 heterocycles. The van der Waals surface area contributed by atoms with Crippen molar-refractivity contribution in [3.63, 3.8) is 0 Å². The Kier molecular flexibility index (Phi) is 9.27. The third-order valence-corrected chi connectivity index (χ3v) is 6.30. The van der Waals surface area contributed by atoms with Gasteiger partial charge < -0.3 is 21.1 Å². The number of carbonyl (C=O) groups excluding carboxylic acids is 3. The number of anilines is 1. The molecule has 41 heavy (non-hydrogen) atoms. The summed E-state index contributed by atoms with van der Waals surface area (Å²) in [5, 5.41) is 13.3. The van der Waals surface area contributed by atoms with Crippen molar-refractivity contribution >= 4 is 29.3 Å². The van der Waals surface area contributed by atoms with E-state index < -0.39 is 11.9 Å². The van der Waals surface area contributed by atoms with Gasteiger partial charge in [-0.05, 0) is 65.1 Å². The van der Waals surface area contributed by atoms with Gasteiger partial charge in [0.05, 0.1) is 5.56 Å². The molecule has 0 fully saturated rings. The number of amidine groups is 1. The van der Waals surface area contributed by atoms with E-state index in [4.69, 9.17) is 15.9 Å². The lowest BCUT2D eigenvalue weighted by molar-refractivity contribution is 0.0473. The molecular weight excluding hydrogens is 516 g/mol. The number of hydrogen-bond acceptors (Lipinski definition) is 5. The molecule has 208 valence electrons. The molecule has 0 spiro atoms.